The van der Waals surface area contributed by atoms with Crippen LogP contribution in [0.25, 0.3) is 6.08 Å². The third-order valence-corrected chi connectivity index (χ3v) is 6.17. The minimum atomic E-state index is -0.442. The summed E-state index contributed by atoms with van der Waals surface area (Å²) in [6, 6.07) is 20.7. The van der Waals surface area contributed by atoms with Crippen molar-refractivity contribution in [3.63, 3.8) is 0 Å². The SMILES string of the molecule is COc1ccc(N2C(=O)C(=Cc3ccccc3OCc3ccc([N+](=O)[O-])cc3)SC2=S)cc1. The number of nitrogens with zero attached hydrogens (tertiary/aromatic N) is 2. The van der Waals surface area contributed by atoms with E-state index >= 15 is 0 Å². The number of para-hydroxylation sites is 1. The predicted molar refractivity (Wildman–Crippen MR) is 133 cm³/mol. The van der Waals surface area contributed by atoms with Gasteiger partial charge in [-0.05, 0) is 54.1 Å². The molecule has 3 aromatic carbocycles. The van der Waals surface area contributed by atoms with Crippen molar-refractivity contribution in [2.24, 2.45) is 0 Å². The first kappa shape index (κ1) is 22.5. The van der Waals surface area contributed by atoms with E-state index in [-0.39, 0.29) is 18.2 Å². The van der Waals surface area contributed by atoms with Gasteiger partial charge in [-0.2, -0.15) is 0 Å². The standard InChI is InChI=1S/C24H18N2O5S2/c1-30-20-12-10-18(11-13-20)25-23(27)22(33-24(25)32)14-17-4-2-3-5-21(17)31-15-16-6-8-19(9-7-16)26(28)29/h2-14H,15H2,1H3. The van der Waals surface area contributed by atoms with Crippen LogP contribution in [0, 0.1) is 10.1 Å². The molecular formula is C24H18N2O5S2. The summed E-state index contributed by atoms with van der Waals surface area (Å²) < 4.78 is 11.6. The summed E-state index contributed by atoms with van der Waals surface area (Å²) in [6.45, 7) is 0.232. The number of anilines is 1. The van der Waals surface area contributed by atoms with Crippen LogP contribution in [-0.2, 0) is 11.4 Å². The van der Waals surface area contributed by atoms with E-state index in [1.807, 2.05) is 18.2 Å². The van der Waals surface area contributed by atoms with E-state index in [0.717, 1.165) is 11.1 Å². The third kappa shape index (κ3) is 5.05. The number of thioether (sulfide) groups is 1. The van der Waals surface area contributed by atoms with E-state index in [9.17, 15) is 14.9 Å². The molecule has 33 heavy (non-hydrogen) atoms. The molecule has 0 N–H and O–H groups in total. The number of hydrogen-bond donors (Lipinski definition) is 0. The summed E-state index contributed by atoms with van der Waals surface area (Å²) in [4.78, 5) is 25.4. The molecule has 1 aliphatic rings. The average molecular weight is 479 g/mol. The number of carbonyl (C=O) groups excluding carboxylic acids is 1. The molecule has 3 aromatic rings. The van der Waals surface area contributed by atoms with Gasteiger partial charge in [0.2, 0.25) is 0 Å². The van der Waals surface area contributed by atoms with Crippen LogP contribution in [0.1, 0.15) is 11.1 Å². The maximum atomic E-state index is 13.1. The van der Waals surface area contributed by atoms with E-state index in [0.29, 0.717) is 26.4 Å². The summed E-state index contributed by atoms with van der Waals surface area (Å²) in [5.41, 5.74) is 2.22. The summed E-state index contributed by atoms with van der Waals surface area (Å²) in [7, 11) is 1.58. The largest absolute Gasteiger partial charge is 0.497 e. The van der Waals surface area contributed by atoms with Crippen LogP contribution in [0.3, 0.4) is 0 Å². The van der Waals surface area contributed by atoms with E-state index in [4.69, 9.17) is 21.7 Å². The van der Waals surface area contributed by atoms with Crippen molar-refractivity contribution in [1.29, 1.82) is 0 Å². The van der Waals surface area contributed by atoms with E-state index in [1.165, 1.54) is 28.8 Å². The van der Waals surface area contributed by atoms with Gasteiger partial charge in [0.05, 0.1) is 22.6 Å². The van der Waals surface area contributed by atoms with Gasteiger partial charge in [-0.1, -0.05) is 42.2 Å². The van der Waals surface area contributed by atoms with Crippen LogP contribution >= 0.6 is 24.0 Å². The lowest BCUT2D eigenvalue weighted by Crippen LogP contribution is -2.27. The maximum Gasteiger partial charge on any atom is 0.270 e. The number of methoxy groups -OCH3 is 1. The average Bonchev–Trinajstić information content (AvgIpc) is 3.11. The van der Waals surface area contributed by atoms with E-state index in [1.54, 1.807) is 55.7 Å². The third-order valence-electron chi connectivity index (χ3n) is 4.87. The van der Waals surface area contributed by atoms with Gasteiger partial charge in [0.15, 0.2) is 4.32 Å². The highest BCUT2D eigenvalue weighted by Crippen LogP contribution is 2.37. The topological polar surface area (TPSA) is 81.9 Å². The Kier molecular flexibility index (Phi) is 6.71. The van der Waals surface area contributed by atoms with Gasteiger partial charge in [-0.25, -0.2) is 0 Å². The first-order valence-corrected chi connectivity index (χ1v) is 11.1. The Balaban J connectivity index is 1.52. The zero-order valence-corrected chi connectivity index (χ0v) is 19.1. The number of non-ortho nitro benzene ring substituents is 1. The molecule has 7 nitrogen and oxygen atoms in total. The molecule has 4 rings (SSSR count). The summed E-state index contributed by atoms with van der Waals surface area (Å²) in [5, 5.41) is 10.8. The Morgan fingerprint density at radius 1 is 1.06 bits per heavy atom. The lowest BCUT2D eigenvalue weighted by molar-refractivity contribution is -0.384. The first-order chi connectivity index (χ1) is 16.0. The van der Waals surface area contributed by atoms with Crippen LogP contribution in [0.2, 0.25) is 0 Å². The van der Waals surface area contributed by atoms with Crippen molar-refractivity contribution >= 4 is 51.7 Å². The molecule has 1 aliphatic heterocycles. The highest BCUT2D eigenvalue weighted by atomic mass is 32.2. The minimum absolute atomic E-state index is 0.0260. The van der Waals surface area contributed by atoms with Crippen molar-refractivity contribution in [2.75, 3.05) is 12.0 Å². The highest BCUT2D eigenvalue weighted by Gasteiger charge is 2.33. The molecule has 1 heterocycles. The second kappa shape index (κ2) is 9.85. The maximum absolute atomic E-state index is 13.1. The van der Waals surface area contributed by atoms with Gasteiger partial charge >= 0.3 is 0 Å². The highest BCUT2D eigenvalue weighted by molar-refractivity contribution is 8.27. The molecular weight excluding hydrogens is 460 g/mol. The Labute approximate surface area is 199 Å². The van der Waals surface area contributed by atoms with Gasteiger partial charge in [0, 0.05) is 17.7 Å². The van der Waals surface area contributed by atoms with Gasteiger partial charge in [-0.15, -0.1) is 0 Å². The Hall–Kier alpha value is -3.69. The van der Waals surface area contributed by atoms with Gasteiger partial charge in [-0.3, -0.25) is 19.8 Å². The zero-order valence-electron chi connectivity index (χ0n) is 17.5. The fourth-order valence-electron chi connectivity index (χ4n) is 3.17. The normalized spacial score (nSPS) is 14.6. The zero-order chi connectivity index (χ0) is 23.4. The number of thiocarbonyl (C=S) groups is 1. The summed E-state index contributed by atoms with van der Waals surface area (Å²) in [6.07, 6.45) is 1.76. The molecule has 0 bridgehead atoms. The Morgan fingerprint density at radius 2 is 1.76 bits per heavy atom. The van der Waals surface area contributed by atoms with Crippen LogP contribution in [0.5, 0.6) is 11.5 Å². The molecule has 166 valence electrons. The van der Waals surface area contributed by atoms with E-state index in [2.05, 4.69) is 0 Å². The quantitative estimate of drug-likeness (QED) is 0.190. The van der Waals surface area contributed by atoms with Crippen molar-refractivity contribution in [3.8, 4) is 11.5 Å². The van der Waals surface area contributed by atoms with Crippen molar-refractivity contribution in [2.45, 2.75) is 6.61 Å². The van der Waals surface area contributed by atoms with Crippen LogP contribution in [-0.4, -0.2) is 22.3 Å². The molecule has 9 heteroatoms. The molecule has 0 radical (unpaired) electrons. The first-order valence-electron chi connectivity index (χ1n) is 9.83. The van der Waals surface area contributed by atoms with Gasteiger partial charge in [0.25, 0.3) is 11.6 Å². The number of nitro groups is 1. The molecule has 0 aliphatic carbocycles. The van der Waals surface area contributed by atoms with Crippen molar-refractivity contribution in [3.05, 3.63) is 98.9 Å². The van der Waals surface area contributed by atoms with Gasteiger partial charge in [0.1, 0.15) is 18.1 Å². The number of ether oxygens (including phenoxy) is 2. The summed E-state index contributed by atoms with van der Waals surface area (Å²) >= 11 is 6.67. The number of amides is 1. The molecule has 0 unspecified atom stereocenters. The predicted octanol–water partition coefficient (Wildman–Crippen LogP) is 5.59. The lowest BCUT2D eigenvalue weighted by atomic mass is 10.1. The number of benzene rings is 3. The smallest absolute Gasteiger partial charge is 0.270 e. The Morgan fingerprint density at radius 3 is 2.42 bits per heavy atom. The van der Waals surface area contributed by atoms with Crippen molar-refractivity contribution in [1.82, 2.24) is 0 Å². The van der Waals surface area contributed by atoms with Crippen molar-refractivity contribution < 1.29 is 19.2 Å². The van der Waals surface area contributed by atoms with Crippen LogP contribution < -0.4 is 14.4 Å². The van der Waals surface area contributed by atoms with Crippen LogP contribution in [0.15, 0.2) is 77.7 Å². The molecule has 0 aromatic heterocycles. The fourth-order valence-corrected chi connectivity index (χ4v) is 4.46. The minimum Gasteiger partial charge on any atom is -0.497 e. The molecule has 1 amide bonds. The summed E-state index contributed by atoms with van der Waals surface area (Å²) in [5.74, 6) is 1.07. The van der Waals surface area contributed by atoms with Gasteiger partial charge < -0.3 is 9.47 Å². The Bertz CT molecular complexity index is 1240. The molecule has 0 spiro atoms. The van der Waals surface area contributed by atoms with Crippen LogP contribution in [0.4, 0.5) is 11.4 Å². The second-order valence-electron chi connectivity index (χ2n) is 6.97. The number of hydrogen-bond acceptors (Lipinski definition) is 7. The number of nitro benzene ring substituents is 1. The van der Waals surface area contributed by atoms with E-state index < -0.39 is 4.92 Å². The number of carbonyl (C=O) groups is 1. The molecule has 0 atom stereocenters. The number of rotatable bonds is 7. The second-order valence-corrected chi connectivity index (χ2v) is 8.64. The monoisotopic (exact) mass is 478 g/mol. The molecule has 0 saturated carbocycles. The molecule has 1 fully saturated rings. The fraction of sp³-hybridized carbons (Fsp3) is 0.0833. The lowest BCUT2D eigenvalue weighted by Gasteiger charge is -2.14. The molecule has 1 saturated heterocycles.